The van der Waals surface area contributed by atoms with Gasteiger partial charge >= 0.3 is 0 Å². The number of hydrazone groups is 1. The summed E-state index contributed by atoms with van der Waals surface area (Å²) in [6.45, 7) is 0.886. The van der Waals surface area contributed by atoms with E-state index in [0.717, 1.165) is 16.9 Å². The van der Waals surface area contributed by atoms with Crippen LogP contribution < -0.4 is 10.3 Å². The Kier molecular flexibility index (Phi) is 6.89. The molecule has 2 amide bonds. The van der Waals surface area contributed by atoms with E-state index in [4.69, 9.17) is 0 Å². The van der Waals surface area contributed by atoms with Gasteiger partial charge in [-0.05, 0) is 60.2 Å². The number of anilines is 1. The fourth-order valence-corrected chi connectivity index (χ4v) is 5.29. The SMILES string of the molecule is CN(C)/C=N\NC(=O)c1ccc2n1Cc1ccccc1N(C(=O)c1ccc(C3CCCCC3)cc1)C2. The molecule has 2 aliphatic rings. The van der Waals surface area contributed by atoms with Crippen molar-refractivity contribution in [2.45, 2.75) is 51.1 Å². The molecule has 0 saturated heterocycles. The largest absolute Gasteiger partial charge is 0.367 e. The van der Waals surface area contributed by atoms with E-state index in [1.54, 1.807) is 17.3 Å². The summed E-state index contributed by atoms with van der Waals surface area (Å²) in [6.07, 6.45) is 7.92. The summed E-state index contributed by atoms with van der Waals surface area (Å²) in [5, 5.41) is 3.99. The van der Waals surface area contributed by atoms with Crippen LogP contribution in [0.3, 0.4) is 0 Å². The standard InChI is InChI=1S/C29H33N5O2/c1-32(2)20-30-31-28(35)27-17-16-25-19-34(26-11-7-6-10-24(26)18-33(25)27)29(36)23-14-12-22(13-15-23)21-8-4-3-5-9-21/h6-7,10-17,20-21H,3-5,8-9,18-19H2,1-2H3,(H,31,35)/b30-20-. The molecule has 2 aromatic carbocycles. The van der Waals surface area contributed by atoms with Crippen LogP contribution in [0, 0.1) is 0 Å². The average molecular weight is 484 g/mol. The summed E-state index contributed by atoms with van der Waals surface area (Å²) < 4.78 is 1.97. The molecule has 2 heterocycles. The first kappa shape index (κ1) is 23.9. The first-order valence-corrected chi connectivity index (χ1v) is 12.7. The van der Waals surface area contributed by atoms with Gasteiger partial charge in [0, 0.05) is 31.0 Å². The third-order valence-electron chi connectivity index (χ3n) is 7.17. The number of nitrogens with zero attached hydrogens (tertiary/aromatic N) is 4. The van der Waals surface area contributed by atoms with Crippen molar-refractivity contribution in [2.75, 3.05) is 19.0 Å². The highest BCUT2D eigenvalue weighted by Crippen LogP contribution is 2.34. The molecule has 36 heavy (non-hydrogen) atoms. The number of carbonyl (C=O) groups excluding carboxylic acids is 2. The summed E-state index contributed by atoms with van der Waals surface area (Å²) in [5.74, 6) is 0.292. The lowest BCUT2D eigenvalue weighted by Gasteiger charge is -2.24. The molecule has 1 saturated carbocycles. The quantitative estimate of drug-likeness (QED) is 0.316. The van der Waals surface area contributed by atoms with Crippen molar-refractivity contribution in [2.24, 2.45) is 5.10 Å². The van der Waals surface area contributed by atoms with Gasteiger partial charge in [-0.2, -0.15) is 5.10 Å². The first-order valence-electron chi connectivity index (χ1n) is 12.7. The minimum atomic E-state index is -0.282. The molecule has 3 aromatic rings. The summed E-state index contributed by atoms with van der Waals surface area (Å²) in [6, 6.07) is 19.8. The maximum Gasteiger partial charge on any atom is 0.288 e. The molecule has 0 spiro atoms. The van der Waals surface area contributed by atoms with Gasteiger partial charge < -0.3 is 14.4 Å². The predicted octanol–water partition coefficient (Wildman–Crippen LogP) is 4.98. The van der Waals surface area contributed by atoms with Crippen molar-refractivity contribution in [3.8, 4) is 0 Å². The molecule has 7 nitrogen and oxygen atoms in total. The predicted molar refractivity (Wildman–Crippen MR) is 142 cm³/mol. The Morgan fingerprint density at radius 3 is 2.44 bits per heavy atom. The summed E-state index contributed by atoms with van der Waals surface area (Å²) in [5.41, 5.74) is 7.89. The van der Waals surface area contributed by atoms with Crippen LogP contribution in [0.2, 0.25) is 0 Å². The van der Waals surface area contributed by atoms with E-state index in [9.17, 15) is 9.59 Å². The van der Waals surface area contributed by atoms with Gasteiger partial charge in [0.25, 0.3) is 11.8 Å². The Balaban J connectivity index is 1.42. The number of aromatic nitrogens is 1. The molecule has 186 valence electrons. The maximum absolute atomic E-state index is 13.8. The number of hydrogen-bond acceptors (Lipinski definition) is 3. The Hall–Kier alpha value is -3.87. The van der Waals surface area contributed by atoms with Gasteiger partial charge in [-0.25, -0.2) is 5.43 Å². The number of amides is 2. The van der Waals surface area contributed by atoms with Crippen LogP contribution in [0.1, 0.15) is 75.7 Å². The van der Waals surface area contributed by atoms with E-state index < -0.39 is 0 Å². The fraction of sp³-hybridized carbons (Fsp3) is 0.345. The second-order valence-corrected chi connectivity index (χ2v) is 9.92. The second-order valence-electron chi connectivity index (χ2n) is 9.92. The maximum atomic E-state index is 13.8. The zero-order valence-corrected chi connectivity index (χ0v) is 21.0. The van der Waals surface area contributed by atoms with Crippen LogP contribution in [0.25, 0.3) is 0 Å². The van der Waals surface area contributed by atoms with Crippen molar-refractivity contribution in [1.82, 2.24) is 14.9 Å². The van der Waals surface area contributed by atoms with Gasteiger partial charge in [-0.3, -0.25) is 9.59 Å². The molecule has 7 heteroatoms. The molecule has 0 unspecified atom stereocenters. The van der Waals surface area contributed by atoms with Crippen LogP contribution in [-0.4, -0.2) is 41.7 Å². The van der Waals surface area contributed by atoms with Gasteiger partial charge in [-0.15, -0.1) is 0 Å². The first-order chi connectivity index (χ1) is 17.5. The van der Waals surface area contributed by atoms with E-state index in [1.165, 1.54) is 37.7 Å². The zero-order valence-electron chi connectivity index (χ0n) is 21.0. The smallest absolute Gasteiger partial charge is 0.288 e. The highest BCUT2D eigenvalue weighted by atomic mass is 16.2. The summed E-state index contributed by atoms with van der Waals surface area (Å²) in [4.78, 5) is 30.2. The summed E-state index contributed by atoms with van der Waals surface area (Å²) in [7, 11) is 3.68. The number of fused-ring (bicyclic) bond motifs is 2. The van der Waals surface area contributed by atoms with Crippen LogP contribution in [-0.2, 0) is 13.1 Å². The van der Waals surface area contributed by atoms with E-state index in [0.29, 0.717) is 30.3 Å². The molecule has 0 atom stereocenters. The van der Waals surface area contributed by atoms with Crippen molar-refractivity contribution in [1.29, 1.82) is 0 Å². The number of para-hydroxylation sites is 1. The van der Waals surface area contributed by atoms with Crippen molar-refractivity contribution < 1.29 is 9.59 Å². The van der Waals surface area contributed by atoms with E-state index in [1.807, 2.05) is 66.0 Å². The van der Waals surface area contributed by atoms with Crippen molar-refractivity contribution >= 4 is 23.8 Å². The highest BCUT2D eigenvalue weighted by molar-refractivity contribution is 6.06. The molecular formula is C29H33N5O2. The molecule has 0 bridgehead atoms. The van der Waals surface area contributed by atoms with Gasteiger partial charge in [0.05, 0.1) is 13.1 Å². The van der Waals surface area contributed by atoms with Crippen molar-refractivity contribution in [3.05, 3.63) is 88.7 Å². The lowest BCUT2D eigenvalue weighted by Crippen LogP contribution is -2.30. The number of carbonyl (C=O) groups is 2. The number of rotatable bonds is 5. The van der Waals surface area contributed by atoms with Gasteiger partial charge in [0.2, 0.25) is 0 Å². The Bertz CT molecular complexity index is 1270. The Morgan fingerprint density at radius 2 is 1.69 bits per heavy atom. The molecule has 1 N–H and O–H groups in total. The van der Waals surface area contributed by atoms with Gasteiger partial charge in [0.1, 0.15) is 12.0 Å². The van der Waals surface area contributed by atoms with Crippen LogP contribution in [0.15, 0.2) is 65.8 Å². The molecule has 1 fully saturated rings. The monoisotopic (exact) mass is 483 g/mol. The minimum Gasteiger partial charge on any atom is -0.367 e. The third-order valence-corrected chi connectivity index (χ3v) is 7.17. The summed E-state index contributed by atoms with van der Waals surface area (Å²) >= 11 is 0. The topological polar surface area (TPSA) is 69.9 Å². The molecule has 5 rings (SSSR count). The van der Waals surface area contributed by atoms with Gasteiger partial charge in [-0.1, -0.05) is 49.6 Å². The van der Waals surface area contributed by atoms with E-state index in [-0.39, 0.29) is 11.8 Å². The Morgan fingerprint density at radius 1 is 0.944 bits per heavy atom. The fourth-order valence-electron chi connectivity index (χ4n) is 5.29. The van der Waals surface area contributed by atoms with Crippen molar-refractivity contribution in [3.63, 3.8) is 0 Å². The van der Waals surface area contributed by atoms with E-state index >= 15 is 0 Å². The second kappa shape index (κ2) is 10.4. The highest BCUT2D eigenvalue weighted by Gasteiger charge is 2.27. The van der Waals surface area contributed by atoms with Crippen LogP contribution in [0.5, 0.6) is 0 Å². The lowest BCUT2D eigenvalue weighted by molar-refractivity contribution is 0.0945. The van der Waals surface area contributed by atoms with Crippen LogP contribution >= 0.6 is 0 Å². The molecule has 0 radical (unpaired) electrons. The molecule has 1 aliphatic carbocycles. The van der Waals surface area contributed by atoms with Crippen LogP contribution in [0.4, 0.5) is 5.69 Å². The average Bonchev–Trinajstić information content (AvgIpc) is 3.22. The molecule has 1 aromatic heterocycles. The number of hydrogen-bond donors (Lipinski definition) is 1. The number of benzene rings is 2. The minimum absolute atomic E-state index is 0.0334. The van der Waals surface area contributed by atoms with E-state index in [2.05, 4.69) is 22.7 Å². The molecular weight excluding hydrogens is 450 g/mol. The third kappa shape index (κ3) is 4.91. The van der Waals surface area contributed by atoms with Gasteiger partial charge in [0.15, 0.2) is 0 Å². The normalized spacial score (nSPS) is 15.8. The number of nitrogens with one attached hydrogen (secondary N) is 1. The molecule has 1 aliphatic heterocycles. The lowest BCUT2D eigenvalue weighted by atomic mass is 9.84. The zero-order chi connectivity index (χ0) is 25.1. The Labute approximate surface area is 212 Å².